The van der Waals surface area contributed by atoms with Crippen LogP contribution < -0.4 is 0 Å². The van der Waals surface area contributed by atoms with Crippen molar-refractivity contribution in [2.24, 2.45) is 0 Å². The number of unbranched alkanes of at least 4 members (excludes halogenated alkanes) is 2. The van der Waals surface area contributed by atoms with Gasteiger partial charge in [-0.3, -0.25) is 4.79 Å². The minimum Gasteiger partial charge on any atom is -0.462 e. The fourth-order valence-corrected chi connectivity index (χ4v) is 19.8. The molecule has 14 heteroatoms. The predicted molar refractivity (Wildman–Crippen MR) is 228 cm³/mol. The number of benzene rings is 1. The van der Waals surface area contributed by atoms with E-state index in [-0.39, 0.29) is 59.2 Å². The second kappa shape index (κ2) is 23.8. The molecule has 1 aliphatic heterocycles. The molecular weight excluding hydrogens is 810 g/mol. The van der Waals surface area contributed by atoms with E-state index in [1.807, 2.05) is 30.3 Å². The molecule has 0 unspecified atom stereocenters. The van der Waals surface area contributed by atoms with Crippen molar-refractivity contribution in [2.45, 2.75) is 242 Å². The van der Waals surface area contributed by atoms with E-state index in [1.165, 1.54) is 0 Å². The summed E-state index contributed by atoms with van der Waals surface area (Å²) in [5, 5.41) is 0. The van der Waals surface area contributed by atoms with Gasteiger partial charge in [-0.05, 0) is 77.8 Å². The molecule has 4 atom stereocenters. The molecule has 0 N–H and O–H groups in total. The standard InChI is InChI=1S/C45H77F7O5Si2/c1-12-13-16-23-38-24-19-15-20-25-39(56-58(32(2)3,33(4)5)29-28-43(46,47)44(48,49)45(50,51)52)30-41(54-31-37-21-17-14-18-22-37)40(26-27-42(53)55-38)57-59(34(6)7,35(8)9)36(10)11/h14,17-18,21-22,32-36,38-41H,12-13,15-16,19-20,23-31H2,1-11H3/t38-,39-,40+,41+/m0/s1. The SMILES string of the molecule is CCCCC[C@H]1CCCCC[C@H](O[Si](CCC(F)(F)C(F)(F)C(F)(F)F)(C(C)C)C(C)C)C[C@@H](OCc2ccccc2)[C@H](O[Si](C(C)C)(C(C)C)C(C)C)CCC(=O)O1. The molecule has 1 saturated heterocycles. The van der Waals surface area contributed by atoms with Crippen LogP contribution >= 0.6 is 0 Å². The maximum Gasteiger partial charge on any atom is 0.459 e. The van der Waals surface area contributed by atoms with E-state index < -0.39 is 65.4 Å². The number of hydrogen-bond donors (Lipinski definition) is 0. The maximum absolute atomic E-state index is 15.0. The second-order valence-corrected chi connectivity index (χ2v) is 29.0. The Balaban J connectivity index is 2.76. The van der Waals surface area contributed by atoms with Gasteiger partial charge in [-0.15, -0.1) is 0 Å². The van der Waals surface area contributed by atoms with Gasteiger partial charge in [0.05, 0.1) is 18.8 Å². The molecule has 0 radical (unpaired) electrons. The van der Waals surface area contributed by atoms with Gasteiger partial charge >= 0.3 is 24.0 Å². The lowest BCUT2D eigenvalue weighted by atomic mass is 9.97. The zero-order chi connectivity index (χ0) is 44.8. The smallest absolute Gasteiger partial charge is 0.459 e. The number of carbonyl (C=O) groups excluding carboxylic acids is 1. The molecule has 1 heterocycles. The highest BCUT2D eigenvalue weighted by Gasteiger charge is 2.72. The van der Waals surface area contributed by atoms with Crippen LogP contribution in [0.1, 0.15) is 165 Å². The van der Waals surface area contributed by atoms with Crippen LogP contribution in [0.5, 0.6) is 0 Å². The van der Waals surface area contributed by atoms with Crippen LogP contribution in [0.3, 0.4) is 0 Å². The Hall–Kier alpha value is -1.49. The van der Waals surface area contributed by atoms with Crippen molar-refractivity contribution in [3.63, 3.8) is 0 Å². The molecule has 59 heavy (non-hydrogen) atoms. The van der Waals surface area contributed by atoms with Gasteiger partial charge in [-0.1, -0.05) is 132 Å². The summed E-state index contributed by atoms with van der Waals surface area (Å²) < 4.78 is 126. The maximum atomic E-state index is 15.0. The van der Waals surface area contributed by atoms with Crippen LogP contribution in [0.15, 0.2) is 30.3 Å². The van der Waals surface area contributed by atoms with Gasteiger partial charge in [0, 0.05) is 25.4 Å². The fourth-order valence-electron chi connectivity index (χ4n) is 9.49. The largest absolute Gasteiger partial charge is 0.462 e. The lowest BCUT2D eigenvalue weighted by molar-refractivity contribution is -0.354. The Labute approximate surface area is 353 Å². The number of esters is 1. The van der Waals surface area contributed by atoms with Gasteiger partial charge < -0.3 is 18.3 Å². The summed E-state index contributed by atoms with van der Waals surface area (Å²) in [5.74, 6) is -11.8. The average Bonchev–Trinajstić information content (AvgIpc) is 3.13. The number of ether oxygens (including phenoxy) is 2. The molecule has 0 saturated carbocycles. The first-order chi connectivity index (χ1) is 27.4. The highest BCUT2D eigenvalue weighted by molar-refractivity contribution is 6.77. The topological polar surface area (TPSA) is 54.0 Å². The molecule has 1 aliphatic rings. The van der Waals surface area contributed by atoms with Crippen LogP contribution in [0.2, 0.25) is 33.7 Å². The van der Waals surface area contributed by atoms with E-state index in [4.69, 9.17) is 18.3 Å². The Bertz CT molecular complexity index is 1310. The first-order valence-corrected chi connectivity index (χ1v) is 26.8. The molecule has 1 aromatic rings. The molecule has 0 aliphatic carbocycles. The van der Waals surface area contributed by atoms with Gasteiger partial charge in [0.1, 0.15) is 6.10 Å². The summed E-state index contributed by atoms with van der Waals surface area (Å²) in [4.78, 5) is 13.7. The van der Waals surface area contributed by atoms with Crippen LogP contribution in [-0.4, -0.2) is 65.0 Å². The van der Waals surface area contributed by atoms with Gasteiger partial charge in [0.25, 0.3) is 0 Å². The van der Waals surface area contributed by atoms with Crippen molar-refractivity contribution in [2.75, 3.05) is 0 Å². The highest BCUT2D eigenvalue weighted by atomic mass is 28.4. The zero-order valence-corrected chi connectivity index (χ0v) is 39.9. The summed E-state index contributed by atoms with van der Waals surface area (Å²) >= 11 is 0. The Morgan fingerprint density at radius 2 is 1.31 bits per heavy atom. The Morgan fingerprint density at radius 3 is 1.83 bits per heavy atom. The minimum atomic E-state index is -6.40. The molecule has 0 aromatic heterocycles. The average molecular weight is 887 g/mol. The van der Waals surface area contributed by atoms with Crippen molar-refractivity contribution < 1.29 is 53.9 Å². The lowest BCUT2D eigenvalue weighted by Gasteiger charge is -2.47. The Kier molecular flexibility index (Phi) is 21.7. The zero-order valence-electron chi connectivity index (χ0n) is 37.9. The fraction of sp³-hybridized carbons (Fsp3) is 0.844. The van der Waals surface area contributed by atoms with Crippen molar-refractivity contribution in [3.8, 4) is 0 Å². The number of cyclic esters (lactones) is 1. The third kappa shape index (κ3) is 14.8. The number of hydrogen-bond acceptors (Lipinski definition) is 5. The van der Waals surface area contributed by atoms with Crippen LogP contribution in [0, 0.1) is 0 Å². The summed E-state index contributed by atoms with van der Waals surface area (Å²) in [5.41, 5.74) is 0.743. The van der Waals surface area contributed by atoms with Crippen LogP contribution in [0.4, 0.5) is 30.7 Å². The van der Waals surface area contributed by atoms with E-state index in [0.717, 1.165) is 44.1 Å². The van der Waals surface area contributed by atoms with Crippen molar-refractivity contribution in [1.29, 1.82) is 0 Å². The number of carbonyl (C=O) groups is 1. The first-order valence-electron chi connectivity index (χ1n) is 22.4. The first kappa shape index (κ1) is 53.6. The predicted octanol–water partition coefficient (Wildman–Crippen LogP) is 15.1. The minimum absolute atomic E-state index is 0.101. The van der Waals surface area contributed by atoms with Crippen molar-refractivity contribution in [3.05, 3.63) is 35.9 Å². The van der Waals surface area contributed by atoms with Gasteiger partial charge in [-0.25, -0.2) is 0 Å². The monoisotopic (exact) mass is 887 g/mol. The Morgan fingerprint density at radius 1 is 0.729 bits per heavy atom. The van der Waals surface area contributed by atoms with Gasteiger partial charge in [0.2, 0.25) is 8.32 Å². The normalized spacial score (nSPS) is 21.8. The lowest BCUT2D eigenvalue weighted by Crippen LogP contribution is -2.55. The molecule has 2 rings (SSSR count). The molecule has 0 spiro atoms. The molecule has 0 bridgehead atoms. The van der Waals surface area contributed by atoms with Crippen LogP contribution in [0.25, 0.3) is 0 Å². The molecule has 1 fully saturated rings. The van der Waals surface area contributed by atoms with E-state index in [2.05, 4.69) is 48.5 Å². The quantitative estimate of drug-likeness (QED) is 0.0565. The van der Waals surface area contributed by atoms with E-state index in [0.29, 0.717) is 25.7 Å². The summed E-state index contributed by atoms with van der Waals surface area (Å²) in [6.45, 7) is 22.6. The molecule has 5 nitrogen and oxygen atoms in total. The number of alkyl halides is 7. The molecule has 0 amide bonds. The number of rotatable bonds is 20. The molecular formula is C45H77F7O5Si2. The van der Waals surface area contributed by atoms with Crippen molar-refractivity contribution >= 4 is 22.6 Å². The van der Waals surface area contributed by atoms with Gasteiger partial charge in [0.15, 0.2) is 8.32 Å². The molecule has 1 aromatic carbocycles. The third-order valence-corrected chi connectivity index (χ3v) is 24.7. The van der Waals surface area contributed by atoms with E-state index in [9.17, 15) is 26.7 Å². The third-order valence-electron chi connectivity index (χ3n) is 12.9. The summed E-state index contributed by atoms with van der Waals surface area (Å²) in [6.07, 6.45) is -2.18. The van der Waals surface area contributed by atoms with E-state index >= 15 is 8.78 Å². The van der Waals surface area contributed by atoms with E-state index in [1.54, 1.807) is 27.7 Å². The van der Waals surface area contributed by atoms with Crippen LogP contribution in [-0.2, 0) is 29.7 Å². The molecule has 344 valence electrons. The van der Waals surface area contributed by atoms with Gasteiger partial charge in [-0.2, -0.15) is 30.7 Å². The number of halogens is 7. The summed E-state index contributed by atoms with van der Waals surface area (Å²) in [7, 11) is -6.13. The summed E-state index contributed by atoms with van der Waals surface area (Å²) in [6, 6.07) is 9.05. The second-order valence-electron chi connectivity index (χ2n) is 18.6. The van der Waals surface area contributed by atoms with Crippen molar-refractivity contribution in [1.82, 2.24) is 0 Å². The highest BCUT2D eigenvalue weighted by Crippen LogP contribution is 2.51.